The molecule has 4 aliphatic carbocycles. The highest BCUT2D eigenvalue weighted by Crippen LogP contribution is 2.55. The third kappa shape index (κ3) is 5.77. The Morgan fingerprint density at radius 2 is 1.48 bits per heavy atom. The van der Waals surface area contributed by atoms with Gasteiger partial charge in [0.25, 0.3) is 0 Å². The van der Waals surface area contributed by atoms with Gasteiger partial charge >= 0.3 is 0 Å². The summed E-state index contributed by atoms with van der Waals surface area (Å²) >= 11 is 0. The number of furan rings is 1. The second-order valence-electron chi connectivity index (χ2n) is 18.8. The Hall–Kier alpha value is -7.82. The van der Waals surface area contributed by atoms with Crippen LogP contribution in [0.15, 0.2) is 216 Å². The molecule has 3 heterocycles. The molecule has 0 fully saturated rings. The van der Waals surface area contributed by atoms with Gasteiger partial charge in [0.15, 0.2) is 5.82 Å². The summed E-state index contributed by atoms with van der Waals surface area (Å²) < 4.78 is 6.60. The molecule has 4 nitrogen and oxygen atoms in total. The van der Waals surface area contributed by atoms with Crippen LogP contribution >= 0.6 is 0 Å². The van der Waals surface area contributed by atoms with Gasteiger partial charge in [-0.05, 0) is 109 Å². The Morgan fingerprint density at radius 3 is 2.38 bits per heavy atom. The number of hydrogen-bond acceptors (Lipinski definition) is 4. The third-order valence-corrected chi connectivity index (χ3v) is 15.0. The molecule has 1 aliphatic heterocycles. The lowest BCUT2D eigenvalue weighted by atomic mass is 9.78. The summed E-state index contributed by atoms with van der Waals surface area (Å²) in [6, 6.07) is 55.2. The molecule has 4 heteroatoms. The van der Waals surface area contributed by atoms with Gasteiger partial charge in [0, 0.05) is 45.8 Å². The number of fused-ring (bicyclic) bond motifs is 13. The standard InChI is InChI=1S/C62H45N3O/c1-37-12-11-17-44(32-37)62-63-53(43-23-28-50-57(35-43)66-56-31-26-39-14-6-8-19-46(39)61(50)56)36-58(64-62)65-54-29-25-42(34-52(54)60-45-18-7-5-13-38(45)24-30-55(60)65)41-22-27-49-51(33-41)47-20-9-10-21-48(47)59(49)40-15-3-2-4-16-40/h2-21,23-31,33-37,41,52,54,59H,22,32H2,1H3. The topological polar surface area (TPSA) is 42.2 Å². The quantitative estimate of drug-likeness (QED) is 0.173. The maximum absolute atomic E-state index is 6.60. The fourth-order valence-corrected chi connectivity index (χ4v) is 11.9. The summed E-state index contributed by atoms with van der Waals surface area (Å²) in [6.07, 6.45) is 21.1. The highest BCUT2D eigenvalue weighted by atomic mass is 16.3. The molecule has 0 N–H and O–H groups in total. The Bertz CT molecular complexity index is 3710. The molecule has 0 bridgehead atoms. The van der Waals surface area contributed by atoms with Crippen LogP contribution in [0.3, 0.4) is 0 Å². The van der Waals surface area contributed by atoms with E-state index in [1.807, 2.05) is 0 Å². The largest absolute Gasteiger partial charge is 0.456 e. The van der Waals surface area contributed by atoms with Crippen molar-refractivity contribution < 1.29 is 4.42 Å². The Morgan fingerprint density at radius 1 is 0.682 bits per heavy atom. The predicted octanol–water partition coefficient (Wildman–Crippen LogP) is 15.6. The van der Waals surface area contributed by atoms with E-state index in [9.17, 15) is 0 Å². The van der Waals surface area contributed by atoms with E-state index >= 15 is 0 Å². The molecular weight excluding hydrogens is 803 g/mol. The van der Waals surface area contributed by atoms with Crippen molar-refractivity contribution in [1.82, 2.24) is 9.97 Å². The first-order valence-corrected chi connectivity index (χ1v) is 23.5. The average molecular weight is 848 g/mol. The number of aromatic nitrogens is 2. The van der Waals surface area contributed by atoms with Crippen LogP contribution in [0.25, 0.3) is 65.9 Å². The molecule has 0 saturated carbocycles. The van der Waals surface area contributed by atoms with Crippen molar-refractivity contribution in [3.8, 4) is 11.3 Å². The zero-order chi connectivity index (χ0) is 43.5. The number of rotatable bonds is 5. The maximum atomic E-state index is 6.60. The third-order valence-electron chi connectivity index (χ3n) is 15.0. The van der Waals surface area contributed by atoms with E-state index in [2.05, 4.69) is 212 Å². The van der Waals surface area contributed by atoms with Gasteiger partial charge in [0.1, 0.15) is 17.0 Å². The molecule has 2 aromatic heterocycles. The summed E-state index contributed by atoms with van der Waals surface area (Å²) in [5.41, 5.74) is 15.7. The van der Waals surface area contributed by atoms with Crippen LogP contribution in [-0.2, 0) is 0 Å². The van der Waals surface area contributed by atoms with Crippen molar-refractivity contribution in [2.24, 2.45) is 11.8 Å². The van der Waals surface area contributed by atoms with Crippen molar-refractivity contribution >= 4 is 66.1 Å². The second kappa shape index (κ2) is 14.6. The molecule has 0 saturated heterocycles. The lowest BCUT2D eigenvalue weighted by Gasteiger charge is -2.31. The number of nitrogens with zero attached hydrogens (tertiary/aromatic N) is 3. The lowest BCUT2D eigenvalue weighted by Crippen LogP contribution is -2.30. The van der Waals surface area contributed by atoms with Crippen LogP contribution in [0.2, 0.25) is 0 Å². The van der Waals surface area contributed by atoms with Gasteiger partial charge in [-0.1, -0.05) is 177 Å². The van der Waals surface area contributed by atoms with Gasteiger partial charge in [-0.25, -0.2) is 9.97 Å². The molecule has 314 valence electrons. The molecule has 66 heavy (non-hydrogen) atoms. The second-order valence-corrected chi connectivity index (χ2v) is 18.8. The van der Waals surface area contributed by atoms with Crippen LogP contribution < -0.4 is 4.90 Å². The molecule has 7 aromatic carbocycles. The molecule has 0 spiro atoms. The fourth-order valence-electron chi connectivity index (χ4n) is 11.9. The number of allylic oxidation sites excluding steroid dienone is 10. The van der Waals surface area contributed by atoms with Crippen molar-refractivity contribution in [3.63, 3.8) is 0 Å². The normalized spacial score (nSPS) is 21.7. The van der Waals surface area contributed by atoms with Crippen molar-refractivity contribution in [2.45, 2.75) is 37.6 Å². The minimum Gasteiger partial charge on any atom is -0.456 e. The molecule has 9 aromatic rings. The van der Waals surface area contributed by atoms with E-state index in [4.69, 9.17) is 14.4 Å². The minimum atomic E-state index is 0.0347. The molecule has 5 unspecified atom stereocenters. The average Bonchev–Trinajstić information content (AvgIpc) is 4.04. The first-order valence-electron chi connectivity index (χ1n) is 23.5. The zero-order valence-electron chi connectivity index (χ0n) is 36.6. The van der Waals surface area contributed by atoms with Gasteiger partial charge in [-0.2, -0.15) is 0 Å². The van der Waals surface area contributed by atoms with Crippen molar-refractivity contribution in [3.05, 3.63) is 239 Å². The predicted molar refractivity (Wildman–Crippen MR) is 272 cm³/mol. The Balaban J connectivity index is 0.895. The zero-order valence-corrected chi connectivity index (χ0v) is 36.6. The summed E-state index contributed by atoms with van der Waals surface area (Å²) in [5.74, 6) is 2.75. The van der Waals surface area contributed by atoms with E-state index in [1.165, 1.54) is 66.2 Å². The fraction of sp³-hybridized carbons (Fsp3) is 0.129. The lowest BCUT2D eigenvalue weighted by molar-refractivity contribution is 0.669. The van der Waals surface area contributed by atoms with Crippen LogP contribution in [0.4, 0.5) is 11.5 Å². The van der Waals surface area contributed by atoms with Crippen molar-refractivity contribution in [2.75, 3.05) is 4.90 Å². The Kier molecular flexibility index (Phi) is 8.31. The van der Waals surface area contributed by atoms with Gasteiger partial charge in [0.2, 0.25) is 0 Å². The molecule has 0 amide bonds. The highest BCUT2D eigenvalue weighted by Gasteiger charge is 2.42. The summed E-state index contributed by atoms with van der Waals surface area (Å²) in [4.78, 5) is 13.4. The Labute approximate surface area is 384 Å². The van der Waals surface area contributed by atoms with E-state index in [1.54, 1.807) is 0 Å². The summed E-state index contributed by atoms with van der Waals surface area (Å²) in [6.45, 7) is 2.27. The summed E-state index contributed by atoms with van der Waals surface area (Å²) in [7, 11) is 0. The van der Waals surface area contributed by atoms with Crippen molar-refractivity contribution in [1.29, 1.82) is 0 Å². The smallest absolute Gasteiger partial charge is 0.158 e. The number of anilines is 2. The molecule has 5 atom stereocenters. The number of hydrogen-bond donors (Lipinski definition) is 0. The SMILES string of the molecule is CC1C=CC=C(c2nc(-c3ccc4c(c3)oc3ccc5ccccc5c34)cc(N3c4ccc5ccccc5c4C4C=C(C5C=C6C(=CC5)C(c5ccccc5)c5ccccc56)C=CC43)n2)C1. The van der Waals surface area contributed by atoms with Crippen LogP contribution in [0.1, 0.15) is 59.7 Å². The van der Waals surface area contributed by atoms with Gasteiger partial charge < -0.3 is 9.32 Å². The first kappa shape index (κ1) is 37.5. The molecule has 5 aliphatic rings. The van der Waals surface area contributed by atoms with E-state index in [0.29, 0.717) is 5.92 Å². The first-order chi connectivity index (χ1) is 32.6. The molecule has 14 rings (SSSR count). The van der Waals surface area contributed by atoms with Gasteiger partial charge in [-0.15, -0.1) is 0 Å². The van der Waals surface area contributed by atoms with E-state index in [0.717, 1.165) is 63.3 Å². The van der Waals surface area contributed by atoms with Crippen LogP contribution in [0, 0.1) is 11.8 Å². The maximum Gasteiger partial charge on any atom is 0.158 e. The van der Waals surface area contributed by atoms with Crippen LogP contribution in [-0.4, -0.2) is 16.0 Å². The van der Waals surface area contributed by atoms with Gasteiger partial charge in [-0.3, -0.25) is 0 Å². The van der Waals surface area contributed by atoms with E-state index < -0.39 is 0 Å². The monoisotopic (exact) mass is 847 g/mol. The molecule has 0 radical (unpaired) electrons. The highest BCUT2D eigenvalue weighted by molar-refractivity contribution is 6.19. The minimum absolute atomic E-state index is 0.0347. The molecular formula is C62H45N3O. The van der Waals surface area contributed by atoms with Gasteiger partial charge in [0.05, 0.1) is 11.7 Å². The summed E-state index contributed by atoms with van der Waals surface area (Å²) in [5, 5.41) is 7.23. The number of benzene rings is 7. The van der Waals surface area contributed by atoms with Crippen LogP contribution in [0.5, 0.6) is 0 Å². The van der Waals surface area contributed by atoms with E-state index in [-0.39, 0.29) is 23.8 Å².